The molecule has 1 aromatic carbocycles. The van der Waals surface area contributed by atoms with Gasteiger partial charge in [-0.05, 0) is 15.9 Å². The summed E-state index contributed by atoms with van der Waals surface area (Å²) in [6.45, 7) is 0. The summed E-state index contributed by atoms with van der Waals surface area (Å²) in [5.74, 6) is -2.27. The maximum atomic E-state index is 13.0. The first-order chi connectivity index (χ1) is 8.95. The molecule has 0 aliphatic carbocycles. The number of benzene rings is 1. The Morgan fingerprint density at radius 3 is 2.42 bits per heavy atom. The summed E-state index contributed by atoms with van der Waals surface area (Å²) in [6.07, 6.45) is 1.28. The van der Waals surface area contributed by atoms with Gasteiger partial charge in [0.05, 0.1) is 4.92 Å². The van der Waals surface area contributed by atoms with Crippen molar-refractivity contribution >= 4 is 21.6 Å². The Labute approximate surface area is 114 Å². The number of hydrogen-bond acceptors (Lipinski definition) is 4. The Balaban J connectivity index is 2.40. The number of rotatable bonds is 3. The van der Waals surface area contributed by atoms with Crippen molar-refractivity contribution in [1.29, 1.82) is 0 Å². The Hall–Kier alpha value is -2.09. The van der Waals surface area contributed by atoms with E-state index in [9.17, 15) is 18.9 Å². The number of pyridine rings is 1. The third kappa shape index (κ3) is 3.22. The van der Waals surface area contributed by atoms with Crippen LogP contribution in [-0.2, 0) is 0 Å². The Kier molecular flexibility index (Phi) is 3.70. The van der Waals surface area contributed by atoms with Gasteiger partial charge in [-0.1, -0.05) is 0 Å². The van der Waals surface area contributed by atoms with Gasteiger partial charge >= 0.3 is 5.69 Å². The van der Waals surface area contributed by atoms with E-state index in [2.05, 4.69) is 20.9 Å². The molecule has 5 nitrogen and oxygen atoms in total. The van der Waals surface area contributed by atoms with Crippen LogP contribution < -0.4 is 4.74 Å². The molecule has 1 aromatic heterocycles. The molecule has 0 aliphatic rings. The monoisotopic (exact) mass is 330 g/mol. The zero-order chi connectivity index (χ0) is 14.0. The summed E-state index contributed by atoms with van der Waals surface area (Å²) in [4.78, 5) is 13.8. The molecule has 0 unspecified atom stereocenters. The number of ether oxygens (including phenoxy) is 1. The van der Waals surface area contributed by atoms with Crippen LogP contribution in [0.1, 0.15) is 0 Å². The molecule has 0 N–H and O–H groups in total. The van der Waals surface area contributed by atoms with Crippen LogP contribution >= 0.6 is 15.9 Å². The SMILES string of the molecule is O=[N+]([O-])c1cc(Br)cnc1Oc1cc(F)cc(F)c1. The van der Waals surface area contributed by atoms with Gasteiger partial charge in [0.15, 0.2) is 0 Å². The molecule has 0 bridgehead atoms. The first-order valence-corrected chi connectivity index (χ1v) is 5.69. The van der Waals surface area contributed by atoms with Crippen LogP contribution in [0.4, 0.5) is 14.5 Å². The second-order valence-corrected chi connectivity index (χ2v) is 4.36. The van der Waals surface area contributed by atoms with Gasteiger partial charge in [0.1, 0.15) is 17.4 Å². The van der Waals surface area contributed by atoms with E-state index in [0.29, 0.717) is 10.5 Å². The predicted octanol–water partition coefficient (Wildman–Crippen LogP) is 3.82. The molecule has 0 radical (unpaired) electrons. The van der Waals surface area contributed by atoms with Crippen molar-refractivity contribution in [3.05, 3.63) is 56.7 Å². The average molecular weight is 331 g/mol. The van der Waals surface area contributed by atoms with Crippen molar-refractivity contribution in [3.8, 4) is 11.6 Å². The molecule has 1 heterocycles. The Morgan fingerprint density at radius 2 is 1.84 bits per heavy atom. The lowest BCUT2D eigenvalue weighted by atomic mass is 10.3. The van der Waals surface area contributed by atoms with Crippen LogP contribution in [0.3, 0.4) is 0 Å². The van der Waals surface area contributed by atoms with Crippen LogP contribution in [0.25, 0.3) is 0 Å². The van der Waals surface area contributed by atoms with Crippen LogP contribution in [-0.4, -0.2) is 9.91 Å². The smallest absolute Gasteiger partial charge is 0.332 e. The minimum Gasteiger partial charge on any atom is -0.433 e. The van der Waals surface area contributed by atoms with Crippen LogP contribution in [0, 0.1) is 21.7 Å². The highest BCUT2D eigenvalue weighted by molar-refractivity contribution is 9.10. The summed E-state index contributed by atoms with van der Waals surface area (Å²) in [6, 6.07) is 3.64. The minimum absolute atomic E-state index is 0.213. The molecule has 19 heavy (non-hydrogen) atoms. The Morgan fingerprint density at radius 1 is 1.21 bits per heavy atom. The maximum Gasteiger partial charge on any atom is 0.332 e. The lowest BCUT2D eigenvalue weighted by molar-refractivity contribution is -0.386. The summed E-state index contributed by atoms with van der Waals surface area (Å²) in [5, 5.41) is 10.8. The zero-order valence-electron chi connectivity index (χ0n) is 9.14. The molecular formula is C11H5BrF2N2O3. The topological polar surface area (TPSA) is 65.3 Å². The molecule has 0 spiro atoms. The molecule has 0 amide bonds. The van der Waals surface area contributed by atoms with Gasteiger partial charge in [0.2, 0.25) is 0 Å². The van der Waals surface area contributed by atoms with Crippen molar-refractivity contribution < 1.29 is 18.4 Å². The molecular weight excluding hydrogens is 326 g/mol. The summed E-state index contributed by atoms with van der Waals surface area (Å²) >= 11 is 3.03. The summed E-state index contributed by atoms with van der Waals surface area (Å²) < 4.78 is 31.4. The number of nitro groups is 1. The highest BCUT2D eigenvalue weighted by Gasteiger charge is 2.18. The van der Waals surface area contributed by atoms with Crippen molar-refractivity contribution in [2.24, 2.45) is 0 Å². The number of hydrogen-bond donors (Lipinski definition) is 0. The van der Waals surface area contributed by atoms with Crippen LogP contribution in [0.15, 0.2) is 34.9 Å². The highest BCUT2D eigenvalue weighted by atomic mass is 79.9. The fourth-order valence-electron chi connectivity index (χ4n) is 1.32. The van der Waals surface area contributed by atoms with E-state index in [4.69, 9.17) is 4.74 Å². The van der Waals surface area contributed by atoms with Gasteiger partial charge < -0.3 is 4.74 Å². The second kappa shape index (κ2) is 5.27. The van der Waals surface area contributed by atoms with E-state index in [0.717, 1.165) is 12.1 Å². The fraction of sp³-hybridized carbons (Fsp3) is 0. The fourth-order valence-corrected chi connectivity index (χ4v) is 1.64. The quantitative estimate of drug-likeness (QED) is 0.633. The molecule has 8 heteroatoms. The molecule has 98 valence electrons. The standard InChI is InChI=1S/C11H5BrF2N2O3/c12-6-1-10(16(17)18)11(15-5-6)19-9-3-7(13)2-8(14)4-9/h1-5H. The molecule has 0 atom stereocenters. The molecule has 0 saturated carbocycles. The van der Waals surface area contributed by atoms with Gasteiger partial charge in [0, 0.05) is 34.9 Å². The Bertz CT molecular complexity index is 632. The van der Waals surface area contributed by atoms with Gasteiger partial charge in [-0.3, -0.25) is 10.1 Å². The van der Waals surface area contributed by atoms with E-state index in [-0.39, 0.29) is 11.6 Å². The summed E-state index contributed by atoms with van der Waals surface area (Å²) in [7, 11) is 0. The van der Waals surface area contributed by atoms with Crippen LogP contribution in [0.5, 0.6) is 11.6 Å². The van der Waals surface area contributed by atoms with E-state index in [1.54, 1.807) is 0 Å². The van der Waals surface area contributed by atoms with E-state index in [1.807, 2.05) is 0 Å². The lowest BCUT2D eigenvalue weighted by Crippen LogP contribution is -1.96. The van der Waals surface area contributed by atoms with Gasteiger partial charge in [-0.15, -0.1) is 0 Å². The van der Waals surface area contributed by atoms with Gasteiger partial charge in [-0.25, -0.2) is 13.8 Å². The maximum absolute atomic E-state index is 13.0. The third-order valence-corrected chi connectivity index (χ3v) is 2.48. The normalized spacial score (nSPS) is 10.3. The van der Waals surface area contributed by atoms with Gasteiger partial charge in [-0.2, -0.15) is 0 Å². The highest BCUT2D eigenvalue weighted by Crippen LogP contribution is 2.31. The van der Waals surface area contributed by atoms with Crippen molar-refractivity contribution in [1.82, 2.24) is 4.98 Å². The second-order valence-electron chi connectivity index (χ2n) is 3.44. The minimum atomic E-state index is -0.852. The lowest BCUT2D eigenvalue weighted by Gasteiger charge is -2.05. The molecule has 2 aromatic rings. The molecule has 0 saturated heterocycles. The first-order valence-electron chi connectivity index (χ1n) is 4.89. The van der Waals surface area contributed by atoms with Crippen molar-refractivity contribution in [3.63, 3.8) is 0 Å². The first kappa shape index (κ1) is 13.3. The summed E-state index contributed by atoms with van der Waals surface area (Å²) in [5.41, 5.74) is -0.418. The van der Waals surface area contributed by atoms with Gasteiger partial charge in [0.25, 0.3) is 5.88 Å². The number of aromatic nitrogens is 1. The largest absolute Gasteiger partial charge is 0.433 e. The molecule has 2 rings (SSSR count). The number of halogens is 3. The van der Waals surface area contributed by atoms with E-state index in [1.165, 1.54) is 12.3 Å². The third-order valence-electron chi connectivity index (χ3n) is 2.05. The predicted molar refractivity (Wildman–Crippen MR) is 65.0 cm³/mol. The van der Waals surface area contributed by atoms with Crippen molar-refractivity contribution in [2.75, 3.05) is 0 Å². The zero-order valence-corrected chi connectivity index (χ0v) is 10.7. The molecule has 0 fully saturated rings. The van der Waals surface area contributed by atoms with E-state index >= 15 is 0 Å². The molecule has 0 aliphatic heterocycles. The number of nitrogens with zero attached hydrogens (tertiary/aromatic N) is 2. The average Bonchev–Trinajstić information content (AvgIpc) is 2.30. The van der Waals surface area contributed by atoms with Crippen LogP contribution in [0.2, 0.25) is 0 Å². The van der Waals surface area contributed by atoms with E-state index < -0.39 is 22.2 Å². The van der Waals surface area contributed by atoms with Crippen molar-refractivity contribution in [2.45, 2.75) is 0 Å².